The van der Waals surface area contributed by atoms with Gasteiger partial charge in [-0.1, -0.05) is 343 Å². The molecule has 0 rings (SSSR count). The van der Waals surface area contributed by atoms with Crippen LogP contribution in [0, 0.1) is 11.8 Å². The molecule has 0 amide bonds. The number of phosphoric acid groups is 2. The number of aliphatic hydroxyl groups excluding tert-OH is 1. The van der Waals surface area contributed by atoms with Gasteiger partial charge in [0.05, 0.1) is 26.4 Å². The Hall–Kier alpha value is -1.94. The first-order valence-corrected chi connectivity index (χ1v) is 42.5. The number of unbranched alkanes of at least 4 members (excludes halogenated alkanes) is 45. The van der Waals surface area contributed by atoms with Crippen molar-refractivity contribution in [2.45, 2.75) is 413 Å². The number of rotatable bonds is 75. The molecule has 0 saturated heterocycles. The minimum Gasteiger partial charge on any atom is -0.462 e. The van der Waals surface area contributed by atoms with Crippen LogP contribution in [0.1, 0.15) is 395 Å². The minimum absolute atomic E-state index is 0.105. The Balaban J connectivity index is 5.13. The van der Waals surface area contributed by atoms with Gasteiger partial charge in [0, 0.05) is 25.7 Å². The first-order chi connectivity index (χ1) is 45.9. The van der Waals surface area contributed by atoms with Crippen LogP contribution in [0.25, 0.3) is 0 Å². The van der Waals surface area contributed by atoms with Gasteiger partial charge < -0.3 is 33.8 Å². The van der Waals surface area contributed by atoms with Crippen molar-refractivity contribution >= 4 is 39.5 Å². The highest BCUT2D eigenvalue weighted by Crippen LogP contribution is 2.45. The van der Waals surface area contributed by atoms with Crippen LogP contribution < -0.4 is 0 Å². The monoisotopic (exact) mass is 1400 g/mol. The van der Waals surface area contributed by atoms with E-state index in [1.807, 2.05) is 0 Å². The summed E-state index contributed by atoms with van der Waals surface area (Å²) in [6.45, 7) is 9.51. The van der Waals surface area contributed by atoms with Crippen LogP contribution in [0.2, 0.25) is 0 Å². The zero-order valence-electron chi connectivity index (χ0n) is 62.0. The quantitative estimate of drug-likeness (QED) is 0.0222. The second-order valence-electron chi connectivity index (χ2n) is 28.3. The number of phosphoric ester groups is 2. The third-order valence-electron chi connectivity index (χ3n) is 17.7. The molecule has 564 valence electrons. The maximum atomic E-state index is 13.1. The van der Waals surface area contributed by atoms with Crippen molar-refractivity contribution in [1.82, 2.24) is 0 Å². The van der Waals surface area contributed by atoms with Gasteiger partial charge in [0.25, 0.3) is 0 Å². The topological polar surface area (TPSA) is 237 Å². The molecule has 0 bridgehead atoms. The summed E-state index contributed by atoms with van der Waals surface area (Å²) in [5.41, 5.74) is 0. The van der Waals surface area contributed by atoms with Gasteiger partial charge in [-0.15, -0.1) is 0 Å². The Morgan fingerprint density at radius 1 is 0.284 bits per heavy atom. The normalized spacial score (nSPS) is 14.0. The average Bonchev–Trinajstić information content (AvgIpc) is 1.51. The lowest BCUT2D eigenvalue weighted by molar-refractivity contribution is -0.161. The number of hydrogen-bond donors (Lipinski definition) is 3. The van der Waals surface area contributed by atoms with E-state index in [-0.39, 0.29) is 25.7 Å². The summed E-state index contributed by atoms with van der Waals surface area (Å²) in [6.07, 6.45) is 56.1. The van der Waals surface area contributed by atoms with Gasteiger partial charge >= 0.3 is 39.5 Å². The molecule has 0 aliphatic carbocycles. The minimum atomic E-state index is -4.96. The molecular weight excluding hydrogens is 1250 g/mol. The number of carbonyl (C=O) groups is 4. The molecule has 0 saturated carbocycles. The highest BCUT2D eigenvalue weighted by Gasteiger charge is 2.30. The largest absolute Gasteiger partial charge is 0.472 e. The highest BCUT2D eigenvalue weighted by molar-refractivity contribution is 7.47. The fourth-order valence-electron chi connectivity index (χ4n) is 11.7. The van der Waals surface area contributed by atoms with Gasteiger partial charge in [-0.3, -0.25) is 37.3 Å². The van der Waals surface area contributed by atoms with Crippen molar-refractivity contribution in [3.05, 3.63) is 0 Å². The zero-order valence-corrected chi connectivity index (χ0v) is 63.8. The van der Waals surface area contributed by atoms with Gasteiger partial charge in [-0.05, 0) is 37.5 Å². The highest BCUT2D eigenvalue weighted by atomic mass is 31.2. The molecule has 3 N–H and O–H groups in total. The van der Waals surface area contributed by atoms with E-state index in [4.69, 9.17) is 37.0 Å². The molecular formula is C76H148O17P2. The molecule has 0 aliphatic heterocycles. The number of carbonyl (C=O) groups excluding carboxylic acids is 4. The molecule has 95 heavy (non-hydrogen) atoms. The van der Waals surface area contributed by atoms with E-state index in [1.165, 1.54) is 205 Å². The van der Waals surface area contributed by atoms with E-state index in [0.717, 1.165) is 108 Å². The number of aliphatic hydroxyl groups is 1. The molecule has 0 heterocycles. The third-order valence-corrected chi connectivity index (χ3v) is 19.6. The lowest BCUT2D eigenvalue weighted by Gasteiger charge is -2.21. The van der Waals surface area contributed by atoms with E-state index in [2.05, 4.69) is 41.5 Å². The van der Waals surface area contributed by atoms with Crippen LogP contribution in [0.4, 0.5) is 0 Å². The SMILES string of the molecule is CCCCCCCCCCCCCCCCCCCCCCC(=O)O[C@H](COC(=O)CCCCCCCCCCCCCCCCCC(C)C)COP(=O)(O)OC[C@@H](O)COP(=O)(O)OC[C@@H](COC(=O)CCCCCCC)OC(=O)CCCCCCCCCCCC(C)C. The average molecular weight is 1400 g/mol. The van der Waals surface area contributed by atoms with Crippen molar-refractivity contribution in [3.8, 4) is 0 Å². The van der Waals surface area contributed by atoms with Crippen LogP contribution in [0.5, 0.6) is 0 Å². The Labute approximate surface area is 581 Å². The Kier molecular flexibility index (Phi) is 66.5. The third kappa shape index (κ3) is 70.3. The molecule has 0 spiro atoms. The molecule has 0 radical (unpaired) electrons. The van der Waals surface area contributed by atoms with Crippen LogP contribution >= 0.6 is 15.6 Å². The molecule has 0 fully saturated rings. The molecule has 17 nitrogen and oxygen atoms in total. The lowest BCUT2D eigenvalue weighted by atomic mass is 10.0. The van der Waals surface area contributed by atoms with Crippen molar-refractivity contribution in [2.24, 2.45) is 11.8 Å². The first kappa shape index (κ1) is 93.1. The number of hydrogen-bond acceptors (Lipinski definition) is 15. The van der Waals surface area contributed by atoms with Crippen LogP contribution in [-0.2, 0) is 65.4 Å². The molecule has 0 aromatic heterocycles. The van der Waals surface area contributed by atoms with Gasteiger partial charge in [0.15, 0.2) is 12.2 Å². The van der Waals surface area contributed by atoms with E-state index in [0.29, 0.717) is 25.7 Å². The molecule has 0 aliphatic rings. The summed E-state index contributed by atoms with van der Waals surface area (Å²) >= 11 is 0. The zero-order chi connectivity index (χ0) is 70.0. The second kappa shape index (κ2) is 67.9. The Morgan fingerprint density at radius 2 is 0.484 bits per heavy atom. The summed E-state index contributed by atoms with van der Waals surface area (Å²) in [7, 11) is -9.90. The maximum absolute atomic E-state index is 13.1. The predicted octanol–water partition coefficient (Wildman–Crippen LogP) is 22.3. The Bertz CT molecular complexity index is 1840. The standard InChI is InChI=1S/C76H148O17P2/c1-7-9-11-13-14-15-16-17-18-19-20-21-22-25-29-32-37-42-48-54-60-75(80)93-72(65-87-74(79)59-53-47-41-36-31-28-26-23-24-27-30-34-39-45-50-56-68(3)4)67-91-95(84,85)89-63-70(77)62-88-94(82,83)90-66-71(64-86-73(78)58-52-44-12-10-8-2)92-76(81)61-55-49-43-38-33-35-40-46-51-57-69(5)6/h68-72,77H,7-67H2,1-6H3,(H,82,83)(H,84,85)/t70-,71+,72+/m0/s1. The molecule has 19 heteroatoms. The summed E-state index contributed by atoms with van der Waals surface area (Å²) in [6, 6.07) is 0. The lowest BCUT2D eigenvalue weighted by Crippen LogP contribution is -2.30. The van der Waals surface area contributed by atoms with E-state index < -0.39 is 97.5 Å². The maximum Gasteiger partial charge on any atom is 0.472 e. The van der Waals surface area contributed by atoms with E-state index in [1.54, 1.807) is 0 Å². The van der Waals surface area contributed by atoms with Crippen molar-refractivity contribution < 1.29 is 80.2 Å². The van der Waals surface area contributed by atoms with Crippen LogP contribution in [0.3, 0.4) is 0 Å². The first-order valence-electron chi connectivity index (χ1n) is 39.5. The van der Waals surface area contributed by atoms with Gasteiger partial charge in [-0.25, -0.2) is 9.13 Å². The summed E-state index contributed by atoms with van der Waals surface area (Å²) < 4.78 is 68.3. The fraction of sp³-hybridized carbons (Fsp3) is 0.947. The van der Waals surface area contributed by atoms with Crippen molar-refractivity contribution in [3.63, 3.8) is 0 Å². The summed E-state index contributed by atoms with van der Waals surface area (Å²) in [5, 5.41) is 10.6. The number of esters is 4. The van der Waals surface area contributed by atoms with Gasteiger partial charge in [0.2, 0.25) is 0 Å². The molecule has 0 aromatic rings. The smallest absolute Gasteiger partial charge is 0.462 e. The van der Waals surface area contributed by atoms with Gasteiger partial charge in [0.1, 0.15) is 19.3 Å². The Morgan fingerprint density at radius 3 is 0.716 bits per heavy atom. The second-order valence-corrected chi connectivity index (χ2v) is 31.3. The molecule has 0 aromatic carbocycles. The molecule has 2 unspecified atom stereocenters. The predicted molar refractivity (Wildman–Crippen MR) is 386 cm³/mol. The van der Waals surface area contributed by atoms with Crippen molar-refractivity contribution in [2.75, 3.05) is 39.6 Å². The van der Waals surface area contributed by atoms with E-state index in [9.17, 15) is 43.2 Å². The van der Waals surface area contributed by atoms with Crippen LogP contribution in [0.15, 0.2) is 0 Å². The van der Waals surface area contributed by atoms with E-state index >= 15 is 0 Å². The summed E-state index contributed by atoms with van der Waals surface area (Å²) in [5.74, 6) is -0.585. The fourth-order valence-corrected chi connectivity index (χ4v) is 13.2. The van der Waals surface area contributed by atoms with Gasteiger partial charge in [-0.2, -0.15) is 0 Å². The summed E-state index contributed by atoms with van der Waals surface area (Å²) in [4.78, 5) is 72.5. The molecule has 5 atom stereocenters. The number of ether oxygens (including phenoxy) is 4. The van der Waals surface area contributed by atoms with Crippen molar-refractivity contribution in [1.29, 1.82) is 0 Å². The van der Waals surface area contributed by atoms with Crippen LogP contribution in [-0.4, -0.2) is 96.7 Å².